The van der Waals surface area contributed by atoms with Gasteiger partial charge in [-0.05, 0) is 49.2 Å². The molecule has 0 radical (unpaired) electrons. The van der Waals surface area contributed by atoms with Crippen molar-refractivity contribution >= 4 is 46.7 Å². The summed E-state index contributed by atoms with van der Waals surface area (Å²) in [6.07, 6.45) is 0. The molecule has 0 atom stereocenters. The van der Waals surface area contributed by atoms with E-state index in [-0.39, 0.29) is 5.91 Å². The van der Waals surface area contributed by atoms with Crippen LogP contribution in [0, 0.1) is 13.8 Å². The number of hydrogen-bond donors (Lipinski definition) is 1. The van der Waals surface area contributed by atoms with Crippen molar-refractivity contribution in [2.75, 3.05) is 5.32 Å². The Hall–Kier alpha value is -1.95. The van der Waals surface area contributed by atoms with Crippen molar-refractivity contribution in [3.63, 3.8) is 0 Å². The zero-order valence-electron chi connectivity index (χ0n) is 14.8. The number of hydrogen-bond acceptors (Lipinski definition) is 3. The molecule has 1 aromatic heterocycles. The zero-order chi connectivity index (χ0) is 19.1. The maximum atomic E-state index is 12.9. The van der Waals surface area contributed by atoms with Gasteiger partial charge >= 0.3 is 0 Å². The Morgan fingerprint density at radius 1 is 1.19 bits per heavy atom. The summed E-state index contributed by atoms with van der Waals surface area (Å²) in [6, 6.07) is 10.9. The minimum absolute atomic E-state index is 0.298. The third kappa shape index (κ3) is 3.35. The van der Waals surface area contributed by atoms with Crippen LogP contribution >= 0.6 is 35.0 Å². The lowest BCUT2D eigenvalue weighted by atomic mass is 10.1. The van der Waals surface area contributed by atoms with Gasteiger partial charge < -0.3 is 5.32 Å². The molecule has 7 heteroatoms. The van der Waals surface area contributed by atoms with Crippen LogP contribution in [0.1, 0.15) is 32.7 Å². The number of benzene rings is 2. The van der Waals surface area contributed by atoms with Gasteiger partial charge in [-0.3, -0.25) is 4.79 Å². The molecular formula is C20H17Cl2N3OS. The second-order valence-corrected chi connectivity index (χ2v) is 8.31. The highest BCUT2D eigenvalue weighted by Crippen LogP contribution is 2.37. The van der Waals surface area contributed by atoms with Gasteiger partial charge in [-0.25, -0.2) is 4.68 Å². The van der Waals surface area contributed by atoms with Gasteiger partial charge in [0.05, 0.1) is 22.0 Å². The van der Waals surface area contributed by atoms with E-state index < -0.39 is 0 Å². The fourth-order valence-corrected chi connectivity index (χ4v) is 4.54. The molecule has 4 nitrogen and oxygen atoms in total. The van der Waals surface area contributed by atoms with Crippen molar-refractivity contribution in [1.82, 2.24) is 9.78 Å². The minimum atomic E-state index is -0.298. The average Bonchev–Trinajstić information content (AvgIpc) is 3.22. The summed E-state index contributed by atoms with van der Waals surface area (Å²) in [5, 5.41) is 8.63. The minimum Gasteiger partial charge on any atom is -0.306 e. The molecular weight excluding hydrogens is 401 g/mol. The number of nitrogens with zero attached hydrogens (tertiary/aromatic N) is 2. The van der Waals surface area contributed by atoms with Crippen molar-refractivity contribution in [2.45, 2.75) is 25.4 Å². The molecule has 1 amide bonds. The quantitative estimate of drug-likeness (QED) is 0.585. The van der Waals surface area contributed by atoms with Gasteiger partial charge in [0.1, 0.15) is 5.82 Å². The Bertz CT molecular complexity index is 1060. The summed E-state index contributed by atoms with van der Waals surface area (Å²) in [7, 11) is 0. The lowest BCUT2D eigenvalue weighted by Gasteiger charge is -2.14. The summed E-state index contributed by atoms with van der Waals surface area (Å²) in [5.41, 5.74) is 5.68. The number of fused-ring (bicyclic) bond motifs is 1. The van der Waals surface area contributed by atoms with Crippen LogP contribution in [0.2, 0.25) is 10.0 Å². The van der Waals surface area contributed by atoms with Crippen LogP contribution in [0.25, 0.3) is 5.69 Å². The van der Waals surface area contributed by atoms with E-state index in [1.807, 2.05) is 16.8 Å². The van der Waals surface area contributed by atoms with E-state index >= 15 is 0 Å². The molecule has 0 saturated carbocycles. The van der Waals surface area contributed by atoms with E-state index in [2.05, 4.69) is 25.2 Å². The fourth-order valence-electron chi connectivity index (χ4n) is 3.13. The molecule has 4 rings (SSSR count). The average molecular weight is 418 g/mol. The largest absolute Gasteiger partial charge is 0.306 e. The Kier molecular flexibility index (Phi) is 4.93. The lowest BCUT2D eigenvalue weighted by Crippen LogP contribution is -2.17. The summed E-state index contributed by atoms with van der Waals surface area (Å²) < 4.78 is 1.84. The molecule has 27 heavy (non-hydrogen) atoms. The molecule has 2 aromatic carbocycles. The monoisotopic (exact) mass is 417 g/mol. The van der Waals surface area contributed by atoms with E-state index in [9.17, 15) is 4.79 Å². The van der Waals surface area contributed by atoms with Crippen molar-refractivity contribution in [2.24, 2.45) is 0 Å². The molecule has 0 fully saturated rings. The number of amides is 1. The SMILES string of the molecule is Cc1cccc(-n2nc3c(c2NC(=O)c2cc(Cl)ccc2Cl)CSC3)c1C. The number of thioether (sulfide) groups is 1. The first-order valence-corrected chi connectivity index (χ1v) is 10.4. The third-order valence-corrected chi connectivity index (χ3v) is 6.30. The maximum Gasteiger partial charge on any atom is 0.258 e. The topological polar surface area (TPSA) is 46.9 Å². The summed E-state index contributed by atoms with van der Waals surface area (Å²) in [5.74, 6) is 2.06. The van der Waals surface area contributed by atoms with Gasteiger partial charge in [-0.2, -0.15) is 16.9 Å². The zero-order valence-corrected chi connectivity index (χ0v) is 17.2. The second kappa shape index (κ2) is 7.23. The van der Waals surface area contributed by atoms with Crippen molar-refractivity contribution in [3.8, 4) is 5.69 Å². The van der Waals surface area contributed by atoms with Crippen LogP contribution in [0.5, 0.6) is 0 Å². The van der Waals surface area contributed by atoms with Gasteiger partial charge in [0.15, 0.2) is 0 Å². The van der Waals surface area contributed by atoms with Crippen LogP contribution in [0.3, 0.4) is 0 Å². The number of halogens is 2. The normalized spacial score (nSPS) is 12.9. The Morgan fingerprint density at radius 2 is 2.00 bits per heavy atom. The van der Waals surface area contributed by atoms with Crippen molar-refractivity contribution < 1.29 is 4.79 Å². The smallest absolute Gasteiger partial charge is 0.258 e. The van der Waals surface area contributed by atoms with Gasteiger partial charge in [-0.1, -0.05) is 35.3 Å². The van der Waals surface area contributed by atoms with Gasteiger partial charge in [0.2, 0.25) is 0 Å². The maximum absolute atomic E-state index is 12.9. The molecule has 1 aliphatic heterocycles. The molecule has 0 aliphatic carbocycles. The number of rotatable bonds is 3. The lowest BCUT2D eigenvalue weighted by molar-refractivity contribution is 0.102. The highest BCUT2D eigenvalue weighted by atomic mass is 35.5. The van der Waals surface area contributed by atoms with E-state index in [4.69, 9.17) is 28.3 Å². The highest BCUT2D eigenvalue weighted by molar-refractivity contribution is 7.98. The summed E-state index contributed by atoms with van der Waals surface area (Å²) in [4.78, 5) is 12.9. The Balaban J connectivity index is 1.80. The molecule has 2 heterocycles. The number of anilines is 1. The first-order chi connectivity index (χ1) is 13.0. The highest BCUT2D eigenvalue weighted by Gasteiger charge is 2.26. The molecule has 3 aromatic rings. The predicted octanol–water partition coefficient (Wildman–Crippen LogP) is 5.80. The molecule has 138 valence electrons. The second-order valence-electron chi connectivity index (χ2n) is 6.48. The molecule has 0 spiro atoms. The molecule has 1 N–H and O–H groups in total. The Morgan fingerprint density at radius 3 is 2.81 bits per heavy atom. The first kappa shape index (κ1) is 18.4. The van der Waals surface area contributed by atoms with Crippen LogP contribution in [0.4, 0.5) is 5.82 Å². The molecule has 0 unspecified atom stereocenters. The van der Waals surface area contributed by atoms with Crippen LogP contribution in [-0.4, -0.2) is 15.7 Å². The molecule has 0 bridgehead atoms. The van der Waals surface area contributed by atoms with E-state index in [1.165, 1.54) is 5.56 Å². The van der Waals surface area contributed by atoms with E-state index in [1.54, 1.807) is 30.0 Å². The number of carbonyl (C=O) groups is 1. The standard InChI is InChI=1S/C20H17Cl2N3OS/c1-11-4-3-5-18(12(11)2)25-19(15-9-27-10-17(15)24-25)23-20(26)14-8-13(21)6-7-16(14)22/h3-8H,9-10H2,1-2H3,(H,23,26). The van der Waals surface area contributed by atoms with Crippen molar-refractivity contribution in [1.29, 1.82) is 0 Å². The molecule has 1 aliphatic rings. The number of nitrogens with one attached hydrogen (secondary N) is 1. The Labute approximate surface area is 171 Å². The first-order valence-electron chi connectivity index (χ1n) is 8.47. The van der Waals surface area contributed by atoms with Crippen molar-refractivity contribution in [3.05, 3.63) is 74.4 Å². The number of aromatic nitrogens is 2. The van der Waals surface area contributed by atoms with Crippen LogP contribution < -0.4 is 5.32 Å². The van der Waals surface area contributed by atoms with Gasteiger partial charge in [0.25, 0.3) is 5.91 Å². The number of aryl methyl sites for hydroxylation is 1. The fraction of sp³-hybridized carbons (Fsp3) is 0.200. The third-order valence-electron chi connectivity index (χ3n) is 4.76. The van der Waals surface area contributed by atoms with E-state index in [0.717, 1.165) is 34.0 Å². The van der Waals surface area contributed by atoms with Crippen LogP contribution in [0.15, 0.2) is 36.4 Å². The van der Waals surface area contributed by atoms with Gasteiger partial charge in [-0.15, -0.1) is 0 Å². The molecule has 0 saturated heterocycles. The predicted molar refractivity (Wildman–Crippen MR) is 112 cm³/mol. The van der Waals surface area contributed by atoms with Crippen LogP contribution in [-0.2, 0) is 11.5 Å². The summed E-state index contributed by atoms with van der Waals surface area (Å²) >= 11 is 14.0. The number of carbonyl (C=O) groups excluding carboxylic acids is 1. The van der Waals surface area contributed by atoms with Gasteiger partial charge in [0, 0.05) is 22.1 Å². The van der Waals surface area contributed by atoms with E-state index in [0.29, 0.717) is 21.4 Å². The summed E-state index contributed by atoms with van der Waals surface area (Å²) in [6.45, 7) is 4.13.